The Morgan fingerprint density at radius 2 is 1.64 bits per heavy atom. The molecule has 0 bridgehead atoms. The standard InChI is InChI=1S/C28H33Cl2N13O4/c1-41-15-17(13-19(41)25(45)33-10-7-21(31)32)34-26(46)20-14-22(40-42(20)2)35-27(47)23-36-28(39-38-23)37-24(44)16-3-5-18(6-4-16)43(11-8-29)12-9-30/h3-6,13-15H,7-12H2,1-2H3,(H3,31,32)(H,33,45)(H,34,46)(H,35,40,47)(H2,36,37,38,39,44). The van der Waals surface area contributed by atoms with Crippen molar-refractivity contribution < 1.29 is 19.2 Å². The number of nitrogens with one attached hydrogen (secondary N) is 6. The van der Waals surface area contributed by atoms with Crippen LogP contribution >= 0.6 is 23.2 Å². The van der Waals surface area contributed by atoms with E-state index in [1.165, 1.54) is 23.9 Å². The van der Waals surface area contributed by atoms with Gasteiger partial charge in [0.15, 0.2) is 5.82 Å². The molecule has 4 amide bonds. The van der Waals surface area contributed by atoms with Crippen molar-refractivity contribution >= 4 is 75.8 Å². The summed E-state index contributed by atoms with van der Waals surface area (Å²) in [5, 5.41) is 28.2. The van der Waals surface area contributed by atoms with Crippen molar-refractivity contribution in [1.29, 1.82) is 5.41 Å². The first kappa shape index (κ1) is 34.5. The molecule has 0 radical (unpaired) electrons. The Hall–Kier alpha value is -5.42. The van der Waals surface area contributed by atoms with Gasteiger partial charge in [-0.3, -0.25) is 39.7 Å². The van der Waals surface area contributed by atoms with Crippen molar-refractivity contribution in [3.05, 3.63) is 65.4 Å². The Morgan fingerprint density at radius 1 is 0.936 bits per heavy atom. The normalized spacial score (nSPS) is 10.7. The number of nitrogens with two attached hydrogens (primary N) is 1. The predicted molar refractivity (Wildman–Crippen MR) is 178 cm³/mol. The molecule has 0 atom stereocenters. The number of aromatic amines is 1. The van der Waals surface area contributed by atoms with Gasteiger partial charge in [0.1, 0.15) is 11.4 Å². The van der Waals surface area contributed by atoms with E-state index < -0.39 is 23.6 Å². The number of aromatic nitrogens is 6. The Morgan fingerprint density at radius 3 is 2.30 bits per heavy atom. The summed E-state index contributed by atoms with van der Waals surface area (Å²) < 4.78 is 2.81. The van der Waals surface area contributed by atoms with Crippen LogP contribution in [0.3, 0.4) is 0 Å². The van der Waals surface area contributed by atoms with Crippen LogP contribution in [0.25, 0.3) is 0 Å². The second-order valence-electron chi connectivity index (χ2n) is 10.1. The minimum atomic E-state index is -0.713. The lowest BCUT2D eigenvalue weighted by molar-refractivity contribution is 0.0944. The van der Waals surface area contributed by atoms with Crippen LogP contribution in [0, 0.1) is 5.41 Å². The van der Waals surface area contributed by atoms with Crippen LogP contribution in [-0.4, -0.2) is 90.4 Å². The van der Waals surface area contributed by atoms with Gasteiger partial charge in [-0.15, -0.1) is 28.3 Å². The molecule has 0 saturated carbocycles. The van der Waals surface area contributed by atoms with E-state index in [0.29, 0.717) is 36.1 Å². The molecule has 1 aromatic carbocycles. The number of amides is 4. The molecule has 19 heteroatoms. The number of alkyl halides is 2. The van der Waals surface area contributed by atoms with Gasteiger partial charge in [-0.1, -0.05) is 0 Å². The number of anilines is 4. The van der Waals surface area contributed by atoms with Gasteiger partial charge in [-0.25, -0.2) is 0 Å². The molecule has 17 nitrogen and oxygen atoms in total. The number of hydrogen-bond donors (Lipinski definition) is 7. The van der Waals surface area contributed by atoms with Gasteiger partial charge in [0, 0.05) is 75.4 Å². The number of amidine groups is 1. The zero-order valence-electron chi connectivity index (χ0n) is 25.4. The Kier molecular flexibility index (Phi) is 11.5. The van der Waals surface area contributed by atoms with Gasteiger partial charge in [-0.2, -0.15) is 10.1 Å². The number of H-pyrrole nitrogens is 1. The van der Waals surface area contributed by atoms with E-state index in [9.17, 15) is 19.2 Å². The maximum Gasteiger partial charge on any atom is 0.294 e. The first-order valence-electron chi connectivity index (χ1n) is 14.1. The fourth-order valence-electron chi connectivity index (χ4n) is 4.36. The molecule has 0 spiro atoms. The molecule has 3 aromatic heterocycles. The van der Waals surface area contributed by atoms with Gasteiger partial charge in [0.05, 0.1) is 11.5 Å². The number of carbonyl (C=O) groups excluding carboxylic acids is 4. The van der Waals surface area contributed by atoms with E-state index in [4.69, 9.17) is 34.3 Å². The highest BCUT2D eigenvalue weighted by Gasteiger charge is 2.20. The molecule has 4 aromatic rings. The summed E-state index contributed by atoms with van der Waals surface area (Å²) in [6, 6.07) is 9.69. The highest BCUT2D eigenvalue weighted by Crippen LogP contribution is 2.18. The monoisotopic (exact) mass is 685 g/mol. The Bertz CT molecular complexity index is 1760. The molecule has 4 rings (SSSR count). The highest BCUT2D eigenvalue weighted by atomic mass is 35.5. The van der Waals surface area contributed by atoms with Crippen molar-refractivity contribution in [3.63, 3.8) is 0 Å². The molecular formula is C28H33Cl2N13O4. The highest BCUT2D eigenvalue weighted by molar-refractivity contribution is 6.18. The number of nitrogens with zero attached hydrogens (tertiary/aromatic N) is 6. The largest absolute Gasteiger partial charge is 0.388 e. The smallest absolute Gasteiger partial charge is 0.294 e. The molecule has 3 heterocycles. The minimum Gasteiger partial charge on any atom is -0.388 e. The molecule has 248 valence electrons. The summed E-state index contributed by atoms with van der Waals surface area (Å²) in [4.78, 5) is 56.9. The number of rotatable bonds is 15. The first-order chi connectivity index (χ1) is 22.5. The average molecular weight is 687 g/mol. The summed E-state index contributed by atoms with van der Waals surface area (Å²) in [6.45, 7) is 1.42. The van der Waals surface area contributed by atoms with Crippen LogP contribution < -0.4 is 31.9 Å². The van der Waals surface area contributed by atoms with Crippen molar-refractivity contribution in [2.45, 2.75) is 6.42 Å². The lowest BCUT2D eigenvalue weighted by atomic mass is 10.2. The molecule has 0 aliphatic carbocycles. The zero-order chi connectivity index (χ0) is 34.1. The zero-order valence-corrected chi connectivity index (χ0v) is 26.9. The van der Waals surface area contributed by atoms with Gasteiger partial charge >= 0.3 is 0 Å². The molecular weight excluding hydrogens is 653 g/mol. The number of carbonyl (C=O) groups is 4. The third-order valence-electron chi connectivity index (χ3n) is 6.66. The van der Waals surface area contributed by atoms with Gasteiger partial charge < -0.3 is 31.2 Å². The first-order valence-corrected chi connectivity index (χ1v) is 15.2. The quantitative estimate of drug-likeness (QED) is 0.0549. The molecule has 0 saturated heterocycles. The third kappa shape index (κ3) is 9.08. The maximum absolute atomic E-state index is 13.0. The number of halogens is 2. The van der Waals surface area contributed by atoms with E-state index in [1.54, 1.807) is 42.1 Å². The lowest BCUT2D eigenvalue weighted by Gasteiger charge is -2.22. The molecule has 0 aliphatic heterocycles. The molecule has 0 fully saturated rings. The van der Waals surface area contributed by atoms with Gasteiger partial charge in [0.2, 0.25) is 11.8 Å². The lowest BCUT2D eigenvalue weighted by Crippen LogP contribution is -2.28. The van der Waals surface area contributed by atoms with Crippen LogP contribution in [0.5, 0.6) is 0 Å². The predicted octanol–water partition coefficient (Wildman–Crippen LogP) is 1.97. The Balaban J connectivity index is 1.33. The van der Waals surface area contributed by atoms with E-state index in [-0.39, 0.29) is 47.8 Å². The van der Waals surface area contributed by atoms with Gasteiger partial charge in [0.25, 0.3) is 23.6 Å². The van der Waals surface area contributed by atoms with Crippen molar-refractivity contribution in [3.8, 4) is 0 Å². The summed E-state index contributed by atoms with van der Waals surface area (Å²) in [6.07, 6.45) is 1.78. The number of aryl methyl sites for hydroxylation is 2. The SMILES string of the molecule is Cn1cc(NC(=O)c2cc(NC(=O)c3nc(NC(=O)c4ccc(N(CCCl)CCCl)cc4)n[nH]3)nn2C)cc1C(=O)NCCC(=N)N. The summed E-state index contributed by atoms with van der Waals surface area (Å²) in [7, 11) is 3.16. The fourth-order valence-corrected chi connectivity index (χ4v) is 4.77. The second-order valence-corrected chi connectivity index (χ2v) is 10.8. The average Bonchev–Trinajstić information content (AvgIpc) is 3.75. The van der Waals surface area contributed by atoms with Crippen LogP contribution in [0.15, 0.2) is 42.6 Å². The second kappa shape index (κ2) is 15.7. The van der Waals surface area contributed by atoms with E-state index in [1.807, 2.05) is 4.90 Å². The van der Waals surface area contributed by atoms with Crippen molar-refractivity contribution in [2.24, 2.45) is 19.8 Å². The van der Waals surface area contributed by atoms with Crippen molar-refractivity contribution in [2.75, 3.05) is 52.2 Å². The van der Waals surface area contributed by atoms with Crippen LogP contribution in [-0.2, 0) is 14.1 Å². The van der Waals surface area contributed by atoms with Crippen molar-refractivity contribution in [1.82, 2.24) is 34.8 Å². The maximum atomic E-state index is 13.0. The molecule has 0 unspecified atom stereocenters. The van der Waals surface area contributed by atoms with E-state index >= 15 is 0 Å². The summed E-state index contributed by atoms with van der Waals surface area (Å²) in [5.41, 5.74) is 7.28. The molecule has 0 aliphatic rings. The fraction of sp³-hybridized carbons (Fsp3) is 0.286. The van der Waals surface area contributed by atoms with Crippen LogP contribution in [0.2, 0.25) is 0 Å². The topological polar surface area (TPSA) is 234 Å². The van der Waals surface area contributed by atoms with Crippen LogP contribution in [0.1, 0.15) is 48.4 Å². The molecule has 8 N–H and O–H groups in total. The van der Waals surface area contributed by atoms with Gasteiger partial charge in [-0.05, 0) is 30.3 Å². The minimum absolute atomic E-state index is 0.0425. The van der Waals surface area contributed by atoms with E-state index in [0.717, 1.165) is 5.69 Å². The third-order valence-corrected chi connectivity index (χ3v) is 7.00. The number of benzene rings is 1. The molecule has 47 heavy (non-hydrogen) atoms. The van der Waals surface area contributed by atoms with Crippen LogP contribution in [0.4, 0.5) is 23.1 Å². The van der Waals surface area contributed by atoms with E-state index in [2.05, 4.69) is 41.5 Å². The Labute approximate surface area is 278 Å². The summed E-state index contributed by atoms with van der Waals surface area (Å²) >= 11 is 11.7. The number of hydrogen-bond acceptors (Lipinski definition) is 9. The summed E-state index contributed by atoms with van der Waals surface area (Å²) in [5.74, 6) is -1.58.